The molecular weight excluding hydrogens is 388 g/mol. The van der Waals surface area contributed by atoms with Gasteiger partial charge in [-0.2, -0.15) is 0 Å². The van der Waals surface area contributed by atoms with Crippen LogP contribution in [0.15, 0.2) is 73.2 Å². The van der Waals surface area contributed by atoms with Crippen LogP contribution in [-0.4, -0.2) is 74.0 Å². The van der Waals surface area contributed by atoms with Gasteiger partial charge in [0.25, 0.3) is 0 Å². The zero-order valence-electron chi connectivity index (χ0n) is 17.8. The third-order valence-electron chi connectivity index (χ3n) is 5.66. The van der Waals surface area contributed by atoms with Crippen molar-refractivity contribution in [1.82, 2.24) is 29.7 Å². The Morgan fingerprint density at radius 2 is 1.13 bits per heavy atom. The molecule has 0 saturated carbocycles. The average Bonchev–Trinajstić information content (AvgIpc) is 2.92. The first-order valence-electron chi connectivity index (χ1n) is 10.9. The standard InChI is InChI=1S/C24H30N6O/c31-24(23-9-3-6-12-27-23)30-17-15-28(19-21-7-1-4-10-25-21)13-14-29(16-18-30)20-22-8-2-5-11-26-22/h1-12,24,31H,13-20H2. The van der Waals surface area contributed by atoms with Crippen molar-refractivity contribution in [3.8, 4) is 0 Å². The summed E-state index contributed by atoms with van der Waals surface area (Å²) in [5.74, 6) is 0. The number of aliphatic hydroxyl groups excluding tert-OH is 1. The third kappa shape index (κ3) is 6.38. The highest BCUT2D eigenvalue weighted by Gasteiger charge is 2.23. The molecule has 0 radical (unpaired) electrons. The van der Waals surface area contributed by atoms with Gasteiger partial charge in [0.05, 0.1) is 17.1 Å². The quantitative estimate of drug-likeness (QED) is 0.658. The smallest absolute Gasteiger partial charge is 0.150 e. The van der Waals surface area contributed by atoms with Crippen LogP contribution in [0.25, 0.3) is 0 Å². The van der Waals surface area contributed by atoms with Crippen LogP contribution in [0, 0.1) is 0 Å². The minimum atomic E-state index is -0.715. The van der Waals surface area contributed by atoms with E-state index in [1.807, 2.05) is 54.9 Å². The number of hydrogen-bond acceptors (Lipinski definition) is 7. The first-order chi connectivity index (χ1) is 15.3. The average molecular weight is 419 g/mol. The molecule has 0 aliphatic carbocycles. The van der Waals surface area contributed by atoms with Crippen LogP contribution in [0.1, 0.15) is 23.3 Å². The van der Waals surface area contributed by atoms with Gasteiger partial charge in [-0.1, -0.05) is 18.2 Å². The first-order valence-corrected chi connectivity index (χ1v) is 10.9. The molecular formula is C24H30N6O. The third-order valence-corrected chi connectivity index (χ3v) is 5.66. The Balaban J connectivity index is 1.49. The summed E-state index contributed by atoms with van der Waals surface area (Å²) in [4.78, 5) is 20.3. The van der Waals surface area contributed by atoms with Crippen LogP contribution >= 0.6 is 0 Å². The van der Waals surface area contributed by atoms with E-state index >= 15 is 0 Å². The Labute approximate surface area is 184 Å². The van der Waals surface area contributed by atoms with E-state index in [0.29, 0.717) is 5.69 Å². The maximum atomic E-state index is 11.0. The summed E-state index contributed by atoms with van der Waals surface area (Å²) in [5.41, 5.74) is 2.82. The zero-order valence-corrected chi connectivity index (χ0v) is 17.8. The van der Waals surface area contributed by atoms with Crippen LogP contribution in [0.2, 0.25) is 0 Å². The Bertz CT molecular complexity index is 842. The van der Waals surface area contributed by atoms with Gasteiger partial charge in [-0.05, 0) is 36.4 Å². The Morgan fingerprint density at radius 1 is 0.645 bits per heavy atom. The van der Waals surface area contributed by atoms with Crippen molar-refractivity contribution in [3.05, 3.63) is 90.3 Å². The minimum absolute atomic E-state index is 0.689. The zero-order chi connectivity index (χ0) is 21.3. The summed E-state index contributed by atoms with van der Waals surface area (Å²) in [5, 5.41) is 11.0. The monoisotopic (exact) mass is 418 g/mol. The van der Waals surface area contributed by atoms with Gasteiger partial charge in [0.2, 0.25) is 0 Å². The first kappa shape index (κ1) is 21.5. The molecule has 31 heavy (non-hydrogen) atoms. The van der Waals surface area contributed by atoms with E-state index in [0.717, 1.165) is 63.7 Å². The number of pyridine rings is 3. The van der Waals surface area contributed by atoms with Crippen molar-refractivity contribution in [3.63, 3.8) is 0 Å². The van der Waals surface area contributed by atoms with Gasteiger partial charge in [-0.3, -0.25) is 29.7 Å². The topological polar surface area (TPSA) is 68.6 Å². The van der Waals surface area contributed by atoms with Gasteiger partial charge in [0.1, 0.15) is 0 Å². The van der Waals surface area contributed by atoms with Crippen molar-refractivity contribution in [2.75, 3.05) is 39.3 Å². The lowest BCUT2D eigenvalue weighted by Crippen LogP contribution is -2.38. The van der Waals surface area contributed by atoms with E-state index in [9.17, 15) is 5.11 Å². The number of nitrogens with zero attached hydrogens (tertiary/aromatic N) is 6. The SMILES string of the molecule is OC(c1ccccn1)N1CCN(Cc2ccccn2)CCN(Cc2ccccn2)CC1. The molecule has 1 unspecified atom stereocenters. The number of aliphatic hydroxyl groups is 1. The number of hydrogen-bond donors (Lipinski definition) is 1. The normalized spacial score (nSPS) is 18.1. The number of rotatable bonds is 6. The van der Waals surface area contributed by atoms with Gasteiger partial charge in [-0.15, -0.1) is 0 Å². The van der Waals surface area contributed by atoms with E-state index in [-0.39, 0.29) is 0 Å². The second-order valence-electron chi connectivity index (χ2n) is 7.86. The molecule has 7 nitrogen and oxygen atoms in total. The van der Waals surface area contributed by atoms with Crippen LogP contribution in [0.5, 0.6) is 0 Å². The molecule has 0 amide bonds. The molecule has 0 spiro atoms. The van der Waals surface area contributed by atoms with Crippen molar-refractivity contribution in [2.24, 2.45) is 0 Å². The fourth-order valence-corrected chi connectivity index (χ4v) is 3.88. The fourth-order valence-electron chi connectivity index (χ4n) is 3.88. The molecule has 1 fully saturated rings. The van der Waals surface area contributed by atoms with Gasteiger partial charge >= 0.3 is 0 Å². The maximum absolute atomic E-state index is 11.0. The van der Waals surface area contributed by atoms with Crippen molar-refractivity contribution >= 4 is 0 Å². The van der Waals surface area contributed by atoms with E-state index in [1.165, 1.54) is 0 Å². The molecule has 162 valence electrons. The molecule has 7 heteroatoms. The summed E-state index contributed by atoms with van der Waals surface area (Å²) in [6.07, 6.45) is 4.70. The lowest BCUT2D eigenvalue weighted by Gasteiger charge is -2.29. The van der Waals surface area contributed by atoms with Crippen molar-refractivity contribution in [1.29, 1.82) is 0 Å². The molecule has 1 atom stereocenters. The molecule has 4 heterocycles. The van der Waals surface area contributed by atoms with Crippen LogP contribution < -0.4 is 0 Å². The van der Waals surface area contributed by atoms with E-state index in [2.05, 4.69) is 41.8 Å². The largest absolute Gasteiger partial charge is 0.372 e. The second kappa shape index (κ2) is 11.1. The predicted octanol–water partition coefficient (Wildman–Crippen LogP) is 2.18. The maximum Gasteiger partial charge on any atom is 0.150 e. The number of aromatic nitrogens is 3. The van der Waals surface area contributed by atoms with Gasteiger partial charge in [0, 0.05) is 70.9 Å². The van der Waals surface area contributed by atoms with E-state index in [4.69, 9.17) is 0 Å². The van der Waals surface area contributed by atoms with E-state index < -0.39 is 6.23 Å². The summed E-state index contributed by atoms with van der Waals surface area (Å²) < 4.78 is 0. The molecule has 1 N–H and O–H groups in total. The van der Waals surface area contributed by atoms with Crippen molar-refractivity contribution < 1.29 is 5.11 Å². The predicted molar refractivity (Wildman–Crippen MR) is 120 cm³/mol. The Hall–Kier alpha value is -2.71. The van der Waals surface area contributed by atoms with Gasteiger partial charge < -0.3 is 5.11 Å². The van der Waals surface area contributed by atoms with Crippen molar-refractivity contribution in [2.45, 2.75) is 19.3 Å². The second-order valence-corrected chi connectivity index (χ2v) is 7.86. The summed E-state index contributed by atoms with van der Waals surface area (Å²) in [6.45, 7) is 6.73. The summed E-state index contributed by atoms with van der Waals surface area (Å²) in [7, 11) is 0. The molecule has 4 rings (SSSR count). The van der Waals surface area contributed by atoms with Gasteiger partial charge in [0.15, 0.2) is 6.23 Å². The molecule has 3 aromatic heterocycles. The van der Waals surface area contributed by atoms with Gasteiger partial charge in [-0.25, -0.2) is 0 Å². The highest BCUT2D eigenvalue weighted by molar-refractivity contribution is 5.07. The lowest BCUT2D eigenvalue weighted by molar-refractivity contribution is -0.00782. The summed E-state index contributed by atoms with van der Waals surface area (Å²) >= 11 is 0. The molecule has 1 aliphatic rings. The fraction of sp³-hybridized carbons (Fsp3) is 0.375. The highest BCUT2D eigenvalue weighted by atomic mass is 16.3. The molecule has 0 aromatic carbocycles. The Morgan fingerprint density at radius 3 is 1.58 bits per heavy atom. The molecule has 3 aromatic rings. The lowest BCUT2D eigenvalue weighted by atomic mass is 10.2. The Kier molecular flexibility index (Phi) is 7.68. The molecule has 0 bridgehead atoms. The van der Waals surface area contributed by atoms with E-state index in [1.54, 1.807) is 6.20 Å². The molecule has 1 aliphatic heterocycles. The molecule has 1 saturated heterocycles. The highest BCUT2D eigenvalue weighted by Crippen LogP contribution is 2.17. The van der Waals surface area contributed by atoms with Crippen LogP contribution in [0.3, 0.4) is 0 Å². The minimum Gasteiger partial charge on any atom is -0.372 e. The summed E-state index contributed by atoms with van der Waals surface area (Å²) in [6, 6.07) is 17.8. The van der Waals surface area contributed by atoms with Crippen LogP contribution in [0.4, 0.5) is 0 Å². The van der Waals surface area contributed by atoms with Crippen LogP contribution in [-0.2, 0) is 13.1 Å².